The molecule has 32 heavy (non-hydrogen) atoms. The Bertz CT molecular complexity index is 1220. The van der Waals surface area contributed by atoms with E-state index in [0.717, 1.165) is 5.56 Å². The molecule has 6 nitrogen and oxygen atoms in total. The van der Waals surface area contributed by atoms with Crippen molar-refractivity contribution >= 4 is 11.8 Å². The van der Waals surface area contributed by atoms with E-state index in [1.165, 1.54) is 6.07 Å². The molecule has 0 radical (unpaired) electrons. The molecule has 4 aromatic rings. The van der Waals surface area contributed by atoms with Gasteiger partial charge < -0.3 is 14.8 Å². The Morgan fingerprint density at radius 2 is 1.84 bits per heavy atom. The number of hydrogen-bond donors (Lipinski definition) is 2. The van der Waals surface area contributed by atoms with Crippen LogP contribution in [0.25, 0.3) is 11.3 Å². The van der Waals surface area contributed by atoms with Crippen molar-refractivity contribution in [3.63, 3.8) is 0 Å². The van der Waals surface area contributed by atoms with E-state index < -0.39 is 12.0 Å². The van der Waals surface area contributed by atoms with E-state index in [4.69, 9.17) is 9.40 Å². The number of aryl methyl sites for hydroxylation is 1. The Morgan fingerprint density at radius 3 is 2.53 bits per heavy atom. The molecule has 1 atom stereocenters. The van der Waals surface area contributed by atoms with Crippen LogP contribution < -0.4 is 5.32 Å². The fourth-order valence-corrected chi connectivity index (χ4v) is 3.40. The molecule has 0 amide bonds. The Kier molecular flexibility index (Phi) is 6.26. The SMILES string of the molecule is Cc1ccc(CC(Nc2ncc(-c3ccccc3)nc2Cc2ccccc2F)C(=O)O)o1. The number of carbonyl (C=O) groups is 1. The van der Waals surface area contributed by atoms with Crippen molar-refractivity contribution in [2.75, 3.05) is 5.32 Å². The van der Waals surface area contributed by atoms with Gasteiger partial charge in [-0.2, -0.15) is 0 Å². The van der Waals surface area contributed by atoms with Crippen LogP contribution in [0.5, 0.6) is 0 Å². The van der Waals surface area contributed by atoms with Crippen LogP contribution in [-0.4, -0.2) is 27.1 Å². The van der Waals surface area contributed by atoms with Crippen LogP contribution in [0.2, 0.25) is 0 Å². The lowest BCUT2D eigenvalue weighted by Gasteiger charge is -2.17. The minimum atomic E-state index is -1.05. The molecule has 2 heterocycles. The number of benzene rings is 2. The lowest BCUT2D eigenvalue weighted by atomic mass is 10.1. The summed E-state index contributed by atoms with van der Waals surface area (Å²) in [7, 11) is 0. The highest BCUT2D eigenvalue weighted by molar-refractivity contribution is 5.77. The van der Waals surface area contributed by atoms with E-state index in [1.807, 2.05) is 30.3 Å². The maximum atomic E-state index is 14.3. The molecule has 0 saturated heterocycles. The van der Waals surface area contributed by atoms with Crippen molar-refractivity contribution < 1.29 is 18.7 Å². The summed E-state index contributed by atoms with van der Waals surface area (Å²) >= 11 is 0. The van der Waals surface area contributed by atoms with Crippen molar-refractivity contribution in [2.45, 2.75) is 25.8 Å². The number of aromatic nitrogens is 2. The van der Waals surface area contributed by atoms with E-state index in [1.54, 1.807) is 43.5 Å². The molecule has 2 aromatic heterocycles. The van der Waals surface area contributed by atoms with E-state index >= 15 is 0 Å². The number of hydrogen-bond acceptors (Lipinski definition) is 5. The van der Waals surface area contributed by atoms with Gasteiger partial charge in [0, 0.05) is 18.4 Å². The van der Waals surface area contributed by atoms with Crippen LogP contribution in [0.4, 0.5) is 10.2 Å². The first-order valence-corrected chi connectivity index (χ1v) is 10.2. The van der Waals surface area contributed by atoms with Gasteiger partial charge in [0.2, 0.25) is 0 Å². The molecule has 1 unspecified atom stereocenters. The fourth-order valence-electron chi connectivity index (χ4n) is 3.40. The number of halogens is 1. The highest BCUT2D eigenvalue weighted by Crippen LogP contribution is 2.23. The monoisotopic (exact) mass is 431 g/mol. The van der Waals surface area contributed by atoms with Crippen LogP contribution in [0.15, 0.2) is 77.3 Å². The van der Waals surface area contributed by atoms with Crippen molar-refractivity contribution in [3.05, 3.63) is 102 Å². The summed E-state index contributed by atoms with van der Waals surface area (Å²) < 4.78 is 19.9. The third-order valence-corrected chi connectivity index (χ3v) is 5.04. The zero-order valence-corrected chi connectivity index (χ0v) is 17.5. The van der Waals surface area contributed by atoms with Gasteiger partial charge in [0.05, 0.1) is 17.6 Å². The summed E-state index contributed by atoms with van der Waals surface area (Å²) in [5.41, 5.74) is 2.39. The first kappa shape index (κ1) is 21.2. The third kappa shape index (κ3) is 5.00. The van der Waals surface area contributed by atoms with Crippen molar-refractivity contribution in [1.82, 2.24) is 9.97 Å². The van der Waals surface area contributed by atoms with Crippen molar-refractivity contribution in [3.8, 4) is 11.3 Å². The molecule has 4 rings (SSSR count). The molecule has 162 valence electrons. The number of aliphatic carboxylic acids is 1. The third-order valence-electron chi connectivity index (χ3n) is 5.04. The van der Waals surface area contributed by atoms with Gasteiger partial charge in [0.25, 0.3) is 0 Å². The highest BCUT2D eigenvalue weighted by Gasteiger charge is 2.22. The second-order valence-corrected chi connectivity index (χ2v) is 7.44. The molecule has 0 aliphatic heterocycles. The van der Waals surface area contributed by atoms with Gasteiger partial charge in [-0.3, -0.25) is 0 Å². The molecular formula is C25H22FN3O3. The van der Waals surface area contributed by atoms with E-state index in [2.05, 4.69) is 10.3 Å². The molecule has 0 aliphatic rings. The Balaban J connectivity index is 1.69. The molecule has 0 bridgehead atoms. The summed E-state index contributed by atoms with van der Waals surface area (Å²) in [6.45, 7) is 1.80. The zero-order chi connectivity index (χ0) is 22.5. The fraction of sp³-hybridized carbons (Fsp3) is 0.160. The Morgan fingerprint density at radius 1 is 1.09 bits per heavy atom. The van der Waals surface area contributed by atoms with Crippen LogP contribution >= 0.6 is 0 Å². The second kappa shape index (κ2) is 9.43. The topological polar surface area (TPSA) is 88.2 Å². The number of anilines is 1. The summed E-state index contributed by atoms with van der Waals surface area (Å²) in [6.07, 6.45) is 1.87. The van der Waals surface area contributed by atoms with Crippen LogP contribution in [0.3, 0.4) is 0 Å². The standard InChI is InChI=1S/C25H22FN3O3/c1-16-11-12-19(32-16)14-22(25(30)31)29-24-21(13-18-9-5-6-10-20(18)26)28-23(15-27-24)17-7-3-2-4-8-17/h2-12,15,22H,13-14H2,1H3,(H,27,29)(H,30,31). The summed E-state index contributed by atoms with van der Waals surface area (Å²) in [6, 6.07) is 18.5. The van der Waals surface area contributed by atoms with Gasteiger partial charge in [-0.15, -0.1) is 0 Å². The minimum absolute atomic E-state index is 0.129. The summed E-state index contributed by atoms with van der Waals surface area (Å²) in [4.78, 5) is 21.1. The lowest BCUT2D eigenvalue weighted by Crippen LogP contribution is -2.32. The molecule has 0 saturated carbocycles. The maximum absolute atomic E-state index is 14.3. The molecule has 0 fully saturated rings. The smallest absolute Gasteiger partial charge is 0.326 e. The van der Waals surface area contributed by atoms with Gasteiger partial charge >= 0.3 is 5.97 Å². The van der Waals surface area contributed by atoms with E-state index in [0.29, 0.717) is 34.3 Å². The summed E-state index contributed by atoms with van der Waals surface area (Å²) in [5.74, 6) is 0.142. The average molecular weight is 431 g/mol. The maximum Gasteiger partial charge on any atom is 0.326 e. The minimum Gasteiger partial charge on any atom is -0.480 e. The largest absolute Gasteiger partial charge is 0.480 e. The molecule has 0 spiro atoms. The van der Waals surface area contributed by atoms with Gasteiger partial charge in [-0.1, -0.05) is 48.5 Å². The number of carboxylic acids is 1. The molecule has 2 N–H and O–H groups in total. The Labute approximate surface area is 184 Å². The van der Waals surface area contributed by atoms with Gasteiger partial charge in [0.1, 0.15) is 29.2 Å². The van der Waals surface area contributed by atoms with E-state index in [-0.39, 0.29) is 18.7 Å². The average Bonchev–Trinajstić information content (AvgIpc) is 3.21. The van der Waals surface area contributed by atoms with Gasteiger partial charge in [-0.05, 0) is 30.7 Å². The van der Waals surface area contributed by atoms with Crippen LogP contribution in [0.1, 0.15) is 22.8 Å². The van der Waals surface area contributed by atoms with Gasteiger partial charge in [0.15, 0.2) is 0 Å². The second-order valence-electron chi connectivity index (χ2n) is 7.44. The quantitative estimate of drug-likeness (QED) is 0.413. The van der Waals surface area contributed by atoms with E-state index in [9.17, 15) is 14.3 Å². The first-order chi connectivity index (χ1) is 15.5. The zero-order valence-electron chi connectivity index (χ0n) is 17.5. The number of nitrogens with zero attached hydrogens (tertiary/aromatic N) is 2. The molecule has 7 heteroatoms. The lowest BCUT2D eigenvalue weighted by molar-refractivity contribution is -0.138. The summed E-state index contributed by atoms with van der Waals surface area (Å²) in [5, 5.41) is 12.7. The number of carboxylic acid groups (broad SMARTS) is 1. The first-order valence-electron chi connectivity index (χ1n) is 10.2. The van der Waals surface area contributed by atoms with Crippen LogP contribution in [-0.2, 0) is 17.6 Å². The number of rotatable bonds is 8. The normalized spacial score (nSPS) is 11.8. The van der Waals surface area contributed by atoms with Gasteiger partial charge in [-0.25, -0.2) is 19.2 Å². The predicted molar refractivity (Wildman–Crippen MR) is 119 cm³/mol. The van der Waals surface area contributed by atoms with Crippen molar-refractivity contribution in [2.24, 2.45) is 0 Å². The Hall–Kier alpha value is -4.00. The van der Waals surface area contributed by atoms with Crippen LogP contribution in [0, 0.1) is 12.7 Å². The molecule has 2 aromatic carbocycles. The highest BCUT2D eigenvalue weighted by atomic mass is 19.1. The number of nitrogens with one attached hydrogen (secondary N) is 1. The molecular weight excluding hydrogens is 409 g/mol. The predicted octanol–water partition coefficient (Wildman–Crippen LogP) is 4.88. The molecule has 0 aliphatic carbocycles. The van der Waals surface area contributed by atoms with Crippen molar-refractivity contribution in [1.29, 1.82) is 0 Å². The number of furan rings is 1.